The maximum absolute atomic E-state index is 13.5. The number of nitrogens with two attached hydrogens (primary N) is 1. The van der Waals surface area contributed by atoms with Crippen LogP contribution in [-0.4, -0.2) is 46.9 Å². The summed E-state index contributed by atoms with van der Waals surface area (Å²) in [6, 6.07) is 15.0. The zero-order valence-corrected chi connectivity index (χ0v) is 21.0. The molecule has 0 saturated carbocycles. The molecule has 4 heterocycles. The third-order valence-corrected chi connectivity index (χ3v) is 9.70. The first-order valence-corrected chi connectivity index (χ1v) is 13.4. The SMILES string of the molecule is CC(C)(c1cc(-c2cnc(N)c(-c3cc(-c4ccccc4)no3)n2)ccn1)S(=O)(=O)C1CCNCC1. The lowest BCUT2D eigenvalue weighted by Gasteiger charge is -2.32. The Bertz CT molecular complexity index is 1480. The summed E-state index contributed by atoms with van der Waals surface area (Å²) in [6.07, 6.45) is 4.35. The van der Waals surface area contributed by atoms with Crippen LogP contribution >= 0.6 is 0 Å². The minimum Gasteiger partial charge on any atom is -0.382 e. The molecule has 1 fully saturated rings. The van der Waals surface area contributed by atoms with Gasteiger partial charge in [-0.15, -0.1) is 0 Å². The predicted octanol–water partition coefficient (Wildman–Crippen LogP) is 3.84. The second-order valence-electron chi connectivity index (χ2n) is 9.37. The Kier molecular flexibility index (Phi) is 6.31. The van der Waals surface area contributed by atoms with Crippen molar-refractivity contribution in [2.75, 3.05) is 18.8 Å². The number of nitrogens with one attached hydrogen (secondary N) is 1. The largest absolute Gasteiger partial charge is 0.382 e. The Labute approximate surface area is 210 Å². The van der Waals surface area contributed by atoms with E-state index in [-0.39, 0.29) is 5.82 Å². The molecule has 4 aromatic rings. The van der Waals surface area contributed by atoms with Gasteiger partial charge in [-0.1, -0.05) is 35.5 Å². The molecule has 0 atom stereocenters. The number of aromatic nitrogens is 4. The van der Waals surface area contributed by atoms with Crippen LogP contribution < -0.4 is 11.1 Å². The molecule has 1 aliphatic rings. The Hall–Kier alpha value is -3.63. The van der Waals surface area contributed by atoms with Crippen LogP contribution in [0, 0.1) is 0 Å². The molecule has 1 aliphatic heterocycles. The lowest BCUT2D eigenvalue weighted by atomic mass is 10.0. The van der Waals surface area contributed by atoms with Crippen molar-refractivity contribution in [3.05, 3.63) is 66.6 Å². The molecule has 36 heavy (non-hydrogen) atoms. The van der Waals surface area contributed by atoms with Gasteiger partial charge < -0.3 is 15.6 Å². The van der Waals surface area contributed by atoms with Gasteiger partial charge in [-0.05, 0) is 51.9 Å². The van der Waals surface area contributed by atoms with Gasteiger partial charge in [-0.25, -0.2) is 18.4 Å². The molecule has 5 rings (SSSR count). The molecular weight excluding hydrogens is 476 g/mol. The zero-order chi connectivity index (χ0) is 25.3. The van der Waals surface area contributed by atoms with Crippen LogP contribution in [0.3, 0.4) is 0 Å². The summed E-state index contributed by atoms with van der Waals surface area (Å²) in [5.74, 6) is 0.599. The van der Waals surface area contributed by atoms with Crippen LogP contribution in [0.15, 0.2) is 65.4 Å². The third kappa shape index (κ3) is 4.38. The number of nitrogens with zero attached hydrogens (tertiary/aromatic N) is 4. The standard InChI is InChI=1S/C26H28N6O3S/c1-26(2,36(33,34)19-9-11-28-12-10-19)23-14-18(8-13-29-23)21-16-30-25(27)24(31-21)22-15-20(32-35-22)17-6-4-3-5-7-17/h3-8,13-16,19,28H,9-12H2,1-2H3,(H2,27,30). The number of hydrogen-bond donors (Lipinski definition) is 2. The molecular formula is C26H28N6O3S. The van der Waals surface area contributed by atoms with E-state index in [0.717, 1.165) is 5.56 Å². The Morgan fingerprint density at radius 2 is 1.75 bits per heavy atom. The average molecular weight is 505 g/mol. The number of anilines is 1. The van der Waals surface area contributed by atoms with Crippen molar-refractivity contribution in [3.63, 3.8) is 0 Å². The van der Waals surface area contributed by atoms with Crippen molar-refractivity contribution in [1.29, 1.82) is 0 Å². The highest BCUT2D eigenvalue weighted by Gasteiger charge is 2.43. The highest BCUT2D eigenvalue weighted by atomic mass is 32.2. The minimum absolute atomic E-state index is 0.206. The lowest BCUT2D eigenvalue weighted by Crippen LogP contribution is -2.43. The average Bonchev–Trinajstić information content (AvgIpc) is 3.40. The first-order chi connectivity index (χ1) is 17.3. The van der Waals surface area contributed by atoms with Crippen LogP contribution in [-0.2, 0) is 14.6 Å². The van der Waals surface area contributed by atoms with E-state index in [9.17, 15) is 8.42 Å². The van der Waals surface area contributed by atoms with Crippen molar-refractivity contribution >= 4 is 15.7 Å². The topological polar surface area (TPSA) is 137 Å². The van der Waals surface area contributed by atoms with E-state index in [0.29, 0.717) is 60.0 Å². The molecule has 0 bridgehead atoms. The van der Waals surface area contributed by atoms with Gasteiger partial charge in [0, 0.05) is 23.4 Å². The molecule has 0 radical (unpaired) electrons. The van der Waals surface area contributed by atoms with E-state index in [2.05, 4.69) is 25.4 Å². The minimum atomic E-state index is -3.48. The van der Waals surface area contributed by atoms with E-state index in [1.54, 1.807) is 44.4 Å². The first kappa shape index (κ1) is 24.1. The van der Waals surface area contributed by atoms with E-state index >= 15 is 0 Å². The van der Waals surface area contributed by atoms with E-state index < -0.39 is 19.8 Å². The number of piperidine rings is 1. The van der Waals surface area contributed by atoms with Gasteiger partial charge in [0.1, 0.15) is 10.4 Å². The molecule has 9 nitrogen and oxygen atoms in total. The number of pyridine rings is 1. The van der Waals surface area contributed by atoms with Gasteiger partial charge in [0.05, 0.1) is 22.8 Å². The molecule has 1 saturated heterocycles. The molecule has 0 aliphatic carbocycles. The van der Waals surface area contributed by atoms with Crippen LogP contribution in [0.2, 0.25) is 0 Å². The normalized spacial score (nSPS) is 15.2. The molecule has 3 N–H and O–H groups in total. The third-order valence-electron chi connectivity index (χ3n) is 6.72. The van der Waals surface area contributed by atoms with Gasteiger partial charge in [0.2, 0.25) is 0 Å². The number of benzene rings is 1. The van der Waals surface area contributed by atoms with Crippen LogP contribution in [0.25, 0.3) is 34.0 Å². The fourth-order valence-electron chi connectivity index (χ4n) is 4.44. The molecule has 3 aromatic heterocycles. The number of sulfone groups is 1. The summed E-state index contributed by atoms with van der Waals surface area (Å²) < 4.78 is 31.4. The predicted molar refractivity (Wildman–Crippen MR) is 138 cm³/mol. The summed E-state index contributed by atoms with van der Waals surface area (Å²) in [7, 11) is -3.48. The highest BCUT2D eigenvalue weighted by Crippen LogP contribution is 2.36. The van der Waals surface area contributed by atoms with Gasteiger partial charge in [-0.2, -0.15) is 0 Å². The summed E-state index contributed by atoms with van der Waals surface area (Å²) in [5, 5.41) is 6.97. The van der Waals surface area contributed by atoms with Crippen molar-refractivity contribution in [2.45, 2.75) is 36.7 Å². The van der Waals surface area contributed by atoms with Gasteiger partial charge >= 0.3 is 0 Å². The Balaban J connectivity index is 1.49. The quantitative estimate of drug-likeness (QED) is 0.401. The second kappa shape index (κ2) is 9.44. The van der Waals surface area contributed by atoms with E-state index in [1.807, 2.05) is 30.3 Å². The molecule has 0 amide bonds. The van der Waals surface area contributed by atoms with Crippen LogP contribution in [0.4, 0.5) is 5.82 Å². The fraction of sp³-hybridized carbons (Fsp3) is 0.308. The Morgan fingerprint density at radius 3 is 2.50 bits per heavy atom. The monoisotopic (exact) mass is 504 g/mol. The molecule has 10 heteroatoms. The summed E-state index contributed by atoms with van der Waals surface area (Å²) in [5.41, 5.74) is 9.73. The molecule has 0 unspecified atom stereocenters. The van der Waals surface area contributed by atoms with Crippen molar-refractivity contribution in [3.8, 4) is 34.0 Å². The zero-order valence-electron chi connectivity index (χ0n) is 20.2. The number of nitrogen functional groups attached to an aromatic ring is 1. The van der Waals surface area contributed by atoms with Crippen molar-refractivity contribution in [2.24, 2.45) is 0 Å². The number of rotatable bonds is 6. The summed E-state index contributed by atoms with van der Waals surface area (Å²) >= 11 is 0. The summed E-state index contributed by atoms with van der Waals surface area (Å²) in [6.45, 7) is 4.84. The van der Waals surface area contributed by atoms with Gasteiger partial charge in [0.15, 0.2) is 27.1 Å². The molecule has 1 aromatic carbocycles. The van der Waals surface area contributed by atoms with Crippen molar-refractivity contribution < 1.29 is 12.9 Å². The first-order valence-electron chi connectivity index (χ1n) is 11.8. The molecule has 186 valence electrons. The van der Waals surface area contributed by atoms with Crippen LogP contribution in [0.1, 0.15) is 32.4 Å². The van der Waals surface area contributed by atoms with E-state index in [4.69, 9.17) is 10.3 Å². The van der Waals surface area contributed by atoms with E-state index in [1.165, 1.54) is 0 Å². The molecule has 0 spiro atoms. The van der Waals surface area contributed by atoms with Crippen molar-refractivity contribution in [1.82, 2.24) is 25.4 Å². The maximum atomic E-state index is 13.5. The van der Waals surface area contributed by atoms with Crippen LogP contribution in [0.5, 0.6) is 0 Å². The highest BCUT2D eigenvalue weighted by molar-refractivity contribution is 7.92. The maximum Gasteiger partial charge on any atom is 0.189 e. The summed E-state index contributed by atoms with van der Waals surface area (Å²) in [4.78, 5) is 13.4. The smallest absolute Gasteiger partial charge is 0.189 e. The lowest BCUT2D eigenvalue weighted by molar-refractivity contribution is 0.434. The van der Waals surface area contributed by atoms with Gasteiger partial charge in [0.25, 0.3) is 0 Å². The van der Waals surface area contributed by atoms with Gasteiger partial charge in [-0.3, -0.25) is 4.98 Å². The second-order valence-corrected chi connectivity index (χ2v) is 12.1. The number of hydrogen-bond acceptors (Lipinski definition) is 9. The fourth-order valence-corrected chi connectivity index (χ4v) is 6.53. The Morgan fingerprint density at radius 1 is 1.00 bits per heavy atom.